The molecule has 0 amide bonds. The number of hydrogen-bond acceptors (Lipinski definition) is 4. The maximum atomic E-state index is 14.3. The molecule has 0 saturated heterocycles. The Kier molecular flexibility index (Phi) is 8.18. The van der Waals surface area contributed by atoms with Gasteiger partial charge in [0.25, 0.3) is 0 Å². The van der Waals surface area contributed by atoms with Gasteiger partial charge < -0.3 is 10.5 Å². The Morgan fingerprint density at radius 3 is 2.44 bits per heavy atom. The van der Waals surface area contributed by atoms with Crippen molar-refractivity contribution in [1.82, 2.24) is 0 Å². The first-order valence-corrected chi connectivity index (χ1v) is 8.05. The molecule has 4 nitrogen and oxygen atoms in total. The second-order valence-electron chi connectivity index (χ2n) is 5.75. The van der Waals surface area contributed by atoms with Crippen LogP contribution in [-0.2, 0) is 0 Å². The van der Waals surface area contributed by atoms with Gasteiger partial charge in [0.05, 0.1) is 5.69 Å². The number of unbranched alkanes of at least 4 members (excludes halogenated alkanes) is 1. The monoisotopic (exact) mass is 350 g/mol. The van der Waals surface area contributed by atoms with Gasteiger partial charge in [-0.25, -0.2) is 14.7 Å². The molecule has 136 valence electrons. The molecule has 0 aliphatic rings. The topological polar surface area (TPSA) is 75.4 Å². The standard InChI is InChI=1S/C19H21F2NO.H3NO/c1-4-5-6-17(23)14-8-9-15(20)18(21)19(14)22-16-10-7-12(2)11-13(16)3;1-2/h7-11,22H,4-6H2,1-3H3;2H,1H2. The lowest BCUT2D eigenvalue weighted by molar-refractivity contribution is 0.0980. The highest BCUT2D eigenvalue weighted by atomic mass is 19.2. The fourth-order valence-electron chi connectivity index (χ4n) is 2.47. The summed E-state index contributed by atoms with van der Waals surface area (Å²) in [6, 6.07) is 7.97. The molecular formula is C19H24F2N2O2. The summed E-state index contributed by atoms with van der Waals surface area (Å²) in [6.45, 7) is 5.82. The van der Waals surface area contributed by atoms with E-state index < -0.39 is 11.6 Å². The maximum Gasteiger partial charge on any atom is 0.182 e. The number of carbonyl (C=O) groups is 1. The van der Waals surface area contributed by atoms with E-state index in [4.69, 9.17) is 5.21 Å². The van der Waals surface area contributed by atoms with Crippen LogP contribution in [0.1, 0.15) is 47.7 Å². The molecule has 0 unspecified atom stereocenters. The first-order valence-electron chi connectivity index (χ1n) is 8.05. The minimum absolute atomic E-state index is 0.0851. The number of rotatable bonds is 6. The van der Waals surface area contributed by atoms with Crippen molar-refractivity contribution in [3.63, 3.8) is 0 Å². The normalized spacial score (nSPS) is 10.0. The van der Waals surface area contributed by atoms with Gasteiger partial charge in [0.15, 0.2) is 17.4 Å². The lowest BCUT2D eigenvalue weighted by Crippen LogP contribution is -2.08. The van der Waals surface area contributed by atoms with E-state index in [1.54, 1.807) is 6.07 Å². The van der Waals surface area contributed by atoms with Crippen LogP contribution in [0.25, 0.3) is 0 Å². The van der Waals surface area contributed by atoms with Crippen LogP contribution in [0.15, 0.2) is 30.3 Å². The maximum absolute atomic E-state index is 14.3. The SMILES string of the molecule is CCCCC(=O)c1ccc(F)c(F)c1Nc1ccc(C)cc1C.NO. The molecule has 0 radical (unpaired) electrons. The lowest BCUT2D eigenvalue weighted by atomic mass is 10.0. The number of halogens is 2. The van der Waals surface area contributed by atoms with E-state index in [9.17, 15) is 13.6 Å². The second kappa shape index (κ2) is 9.86. The van der Waals surface area contributed by atoms with E-state index >= 15 is 0 Å². The van der Waals surface area contributed by atoms with Crippen molar-refractivity contribution in [2.45, 2.75) is 40.0 Å². The minimum atomic E-state index is -1.02. The van der Waals surface area contributed by atoms with Gasteiger partial charge in [0.2, 0.25) is 0 Å². The Bertz CT molecular complexity index is 734. The van der Waals surface area contributed by atoms with Crippen molar-refractivity contribution >= 4 is 17.2 Å². The molecule has 0 aliphatic carbocycles. The number of ketones is 1. The van der Waals surface area contributed by atoms with Gasteiger partial charge in [-0.2, -0.15) is 0 Å². The van der Waals surface area contributed by atoms with Crippen molar-refractivity contribution in [3.8, 4) is 0 Å². The summed E-state index contributed by atoms with van der Waals surface area (Å²) in [5, 5.41) is 9.40. The summed E-state index contributed by atoms with van der Waals surface area (Å²) in [6.07, 6.45) is 1.92. The number of anilines is 2. The average Bonchev–Trinajstić information content (AvgIpc) is 2.60. The van der Waals surface area contributed by atoms with E-state index in [0.717, 1.165) is 30.0 Å². The summed E-state index contributed by atoms with van der Waals surface area (Å²) in [4.78, 5) is 12.3. The van der Waals surface area contributed by atoms with Crippen LogP contribution in [0.5, 0.6) is 0 Å². The molecule has 0 heterocycles. The highest BCUT2D eigenvalue weighted by Gasteiger charge is 2.19. The smallest absolute Gasteiger partial charge is 0.182 e. The number of Topliss-reactive ketones (excluding diaryl/α,β-unsaturated/α-hetero) is 1. The van der Waals surface area contributed by atoms with Crippen molar-refractivity contribution in [1.29, 1.82) is 0 Å². The molecule has 0 fully saturated rings. The largest absolute Gasteiger partial charge is 0.352 e. The van der Waals surface area contributed by atoms with Gasteiger partial charge in [0, 0.05) is 17.7 Å². The fourth-order valence-corrected chi connectivity index (χ4v) is 2.47. The number of aryl methyl sites for hydroxylation is 2. The molecule has 0 spiro atoms. The number of nitrogens with two attached hydrogens (primary N) is 1. The zero-order chi connectivity index (χ0) is 19.0. The summed E-state index contributed by atoms with van der Waals surface area (Å²) >= 11 is 0. The highest BCUT2D eigenvalue weighted by Crippen LogP contribution is 2.29. The molecule has 0 aromatic heterocycles. The van der Waals surface area contributed by atoms with Gasteiger partial charge >= 0.3 is 0 Å². The zero-order valence-electron chi connectivity index (χ0n) is 14.7. The van der Waals surface area contributed by atoms with Crippen molar-refractivity contribution < 1.29 is 18.8 Å². The zero-order valence-corrected chi connectivity index (χ0v) is 14.7. The molecule has 4 N–H and O–H groups in total. The Balaban J connectivity index is 0.00000151. The second-order valence-corrected chi connectivity index (χ2v) is 5.75. The predicted molar refractivity (Wildman–Crippen MR) is 95.4 cm³/mol. The van der Waals surface area contributed by atoms with E-state index in [2.05, 4.69) is 11.2 Å². The number of carbonyl (C=O) groups excluding carboxylic acids is 1. The van der Waals surface area contributed by atoms with E-state index in [1.165, 1.54) is 6.07 Å². The van der Waals surface area contributed by atoms with E-state index in [-0.39, 0.29) is 17.0 Å². The van der Waals surface area contributed by atoms with Crippen LogP contribution in [0.4, 0.5) is 20.2 Å². The number of benzene rings is 2. The van der Waals surface area contributed by atoms with Crippen molar-refractivity contribution in [3.05, 3.63) is 58.7 Å². The summed E-state index contributed by atoms with van der Waals surface area (Å²) in [7, 11) is 0. The molecule has 25 heavy (non-hydrogen) atoms. The van der Waals surface area contributed by atoms with Gasteiger partial charge in [-0.15, -0.1) is 0 Å². The summed E-state index contributed by atoms with van der Waals surface area (Å²) in [5.41, 5.74) is 2.74. The number of nitrogens with one attached hydrogen (secondary N) is 1. The van der Waals surface area contributed by atoms with Crippen LogP contribution in [0, 0.1) is 25.5 Å². The first kappa shape index (κ1) is 20.7. The van der Waals surface area contributed by atoms with Gasteiger partial charge in [-0.1, -0.05) is 31.0 Å². The molecule has 0 aliphatic heterocycles. The molecule has 2 aromatic carbocycles. The minimum Gasteiger partial charge on any atom is -0.352 e. The van der Waals surface area contributed by atoms with Crippen LogP contribution in [0.2, 0.25) is 0 Å². The van der Waals surface area contributed by atoms with Crippen LogP contribution in [0.3, 0.4) is 0 Å². The Hall–Kier alpha value is -2.31. The molecule has 0 bridgehead atoms. The molecule has 2 aromatic rings. The van der Waals surface area contributed by atoms with E-state index in [1.807, 2.05) is 32.9 Å². The molecular weight excluding hydrogens is 326 g/mol. The first-order chi connectivity index (χ1) is 11.9. The predicted octanol–water partition coefficient (Wildman–Crippen LogP) is 5.03. The molecule has 6 heteroatoms. The Labute approximate surface area is 146 Å². The molecule has 0 saturated carbocycles. The quantitative estimate of drug-likeness (QED) is 0.504. The summed E-state index contributed by atoms with van der Waals surface area (Å²) in [5.74, 6) is 1.33. The van der Waals surface area contributed by atoms with E-state index in [0.29, 0.717) is 12.1 Å². The lowest BCUT2D eigenvalue weighted by Gasteiger charge is -2.15. The molecule has 2 rings (SSSR count). The van der Waals surface area contributed by atoms with Crippen LogP contribution < -0.4 is 11.2 Å². The van der Waals surface area contributed by atoms with Gasteiger partial charge in [0.1, 0.15) is 0 Å². The Morgan fingerprint density at radius 1 is 1.16 bits per heavy atom. The average molecular weight is 350 g/mol. The van der Waals surface area contributed by atoms with Crippen LogP contribution >= 0.6 is 0 Å². The fraction of sp³-hybridized carbons (Fsp3) is 0.316. The number of hydrogen-bond donors (Lipinski definition) is 3. The highest BCUT2D eigenvalue weighted by molar-refractivity contribution is 6.02. The van der Waals surface area contributed by atoms with Gasteiger partial charge in [-0.05, 0) is 44.0 Å². The Morgan fingerprint density at radius 2 is 1.84 bits per heavy atom. The third kappa shape index (κ3) is 5.34. The van der Waals surface area contributed by atoms with Crippen LogP contribution in [-0.4, -0.2) is 11.0 Å². The third-order valence-electron chi connectivity index (χ3n) is 3.79. The molecule has 0 atom stereocenters. The summed E-state index contributed by atoms with van der Waals surface area (Å²) < 4.78 is 27.9. The van der Waals surface area contributed by atoms with Crippen molar-refractivity contribution in [2.75, 3.05) is 5.32 Å². The van der Waals surface area contributed by atoms with Gasteiger partial charge in [-0.3, -0.25) is 4.79 Å². The third-order valence-corrected chi connectivity index (χ3v) is 3.79. The van der Waals surface area contributed by atoms with Crippen molar-refractivity contribution in [2.24, 2.45) is 5.90 Å².